The highest BCUT2D eigenvalue weighted by Crippen LogP contribution is 2.30. The van der Waals surface area contributed by atoms with E-state index in [2.05, 4.69) is 10.6 Å². The predicted molar refractivity (Wildman–Crippen MR) is 114 cm³/mol. The number of para-hydroxylation sites is 1. The Morgan fingerprint density at radius 3 is 2.76 bits per heavy atom. The van der Waals surface area contributed by atoms with E-state index in [1.54, 1.807) is 19.0 Å². The second kappa shape index (κ2) is 11.0. The summed E-state index contributed by atoms with van der Waals surface area (Å²) in [4.78, 5) is 18.2. The Hall–Kier alpha value is -2.28. The van der Waals surface area contributed by atoms with Gasteiger partial charge in [0.15, 0.2) is 5.96 Å². The Kier molecular flexibility index (Phi) is 8.16. The Bertz CT molecular complexity index is 682. The third-order valence-electron chi connectivity index (χ3n) is 5.23. The van der Waals surface area contributed by atoms with Crippen LogP contribution < -0.4 is 15.4 Å². The molecular weight excluding hydrogens is 368 g/mol. The molecule has 1 saturated heterocycles. The van der Waals surface area contributed by atoms with Crippen molar-refractivity contribution in [3.05, 3.63) is 29.8 Å². The largest absolute Gasteiger partial charge is 0.493 e. The first-order valence-electron chi connectivity index (χ1n) is 10.7. The van der Waals surface area contributed by atoms with Crippen molar-refractivity contribution < 1.29 is 14.3 Å². The number of nitrogens with zero attached hydrogens (tertiary/aromatic N) is 2. The van der Waals surface area contributed by atoms with Crippen molar-refractivity contribution in [1.29, 1.82) is 0 Å². The monoisotopic (exact) mass is 402 g/mol. The molecule has 1 aliphatic heterocycles. The number of hydrogen-bond acceptors (Lipinski definition) is 4. The molecular formula is C22H34N4O3. The highest BCUT2D eigenvalue weighted by Gasteiger charge is 2.22. The van der Waals surface area contributed by atoms with Gasteiger partial charge in [0.2, 0.25) is 5.91 Å². The number of carbonyl (C=O) groups is 1. The minimum Gasteiger partial charge on any atom is -0.493 e. The van der Waals surface area contributed by atoms with E-state index in [9.17, 15) is 4.79 Å². The summed E-state index contributed by atoms with van der Waals surface area (Å²) < 4.78 is 11.8. The molecule has 1 aromatic carbocycles. The zero-order valence-corrected chi connectivity index (χ0v) is 17.7. The van der Waals surface area contributed by atoms with Gasteiger partial charge in [0.05, 0.1) is 25.8 Å². The van der Waals surface area contributed by atoms with E-state index in [1.165, 1.54) is 19.3 Å². The molecule has 7 nitrogen and oxygen atoms in total. The molecule has 1 aromatic rings. The number of amides is 1. The van der Waals surface area contributed by atoms with Gasteiger partial charge in [0.1, 0.15) is 5.75 Å². The second-order valence-corrected chi connectivity index (χ2v) is 8.04. The van der Waals surface area contributed by atoms with Crippen molar-refractivity contribution in [2.24, 2.45) is 10.9 Å². The minimum atomic E-state index is 0.00147. The van der Waals surface area contributed by atoms with Crippen LogP contribution in [0.1, 0.15) is 37.7 Å². The zero-order chi connectivity index (χ0) is 20.5. The zero-order valence-electron chi connectivity index (χ0n) is 17.7. The first-order chi connectivity index (χ1) is 14.1. The second-order valence-electron chi connectivity index (χ2n) is 8.04. The SMILES string of the molecule is CN(C)C(=O)CNC(=NCc1ccccc1OCC1CC1)NCC1CCCCO1. The molecule has 1 saturated carbocycles. The molecule has 2 fully saturated rings. The van der Waals surface area contributed by atoms with Crippen LogP contribution in [0, 0.1) is 5.92 Å². The maximum atomic E-state index is 12.0. The first kappa shape index (κ1) is 21.4. The Balaban J connectivity index is 1.60. The van der Waals surface area contributed by atoms with Gasteiger partial charge in [-0.3, -0.25) is 4.79 Å². The molecule has 0 aromatic heterocycles. The van der Waals surface area contributed by atoms with Crippen molar-refractivity contribution >= 4 is 11.9 Å². The quantitative estimate of drug-likeness (QED) is 0.489. The predicted octanol–water partition coefficient (Wildman–Crippen LogP) is 2.17. The molecule has 3 rings (SSSR count). The average Bonchev–Trinajstić information content (AvgIpc) is 3.57. The number of benzene rings is 1. The number of rotatable bonds is 9. The number of carbonyl (C=O) groups excluding carboxylic acids is 1. The van der Waals surface area contributed by atoms with Crippen LogP contribution in [0.4, 0.5) is 0 Å². The molecule has 1 amide bonds. The van der Waals surface area contributed by atoms with E-state index >= 15 is 0 Å². The molecule has 7 heteroatoms. The van der Waals surface area contributed by atoms with Gasteiger partial charge in [-0.15, -0.1) is 0 Å². The van der Waals surface area contributed by atoms with Crippen molar-refractivity contribution in [3.63, 3.8) is 0 Å². The number of likely N-dealkylation sites (N-methyl/N-ethyl adjacent to an activating group) is 1. The minimum absolute atomic E-state index is 0.00147. The van der Waals surface area contributed by atoms with E-state index in [0.717, 1.165) is 37.4 Å². The summed E-state index contributed by atoms with van der Waals surface area (Å²) in [5.41, 5.74) is 1.04. The fourth-order valence-corrected chi connectivity index (χ4v) is 3.10. The van der Waals surface area contributed by atoms with Gasteiger partial charge in [-0.2, -0.15) is 0 Å². The molecule has 1 atom stereocenters. The van der Waals surface area contributed by atoms with E-state index in [1.807, 2.05) is 24.3 Å². The summed E-state index contributed by atoms with van der Waals surface area (Å²) in [6.07, 6.45) is 6.09. The molecule has 2 N–H and O–H groups in total. The molecule has 1 heterocycles. The van der Waals surface area contributed by atoms with Gasteiger partial charge in [0, 0.05) is 32.8 Å². The maximum absolute atomic E-state index is 12.0. The molecule has 2 aliphatic rings. The molecule has 160 valence electrons. The smallest absolute Gasteiger partial charge is 0.241 e. The van der Waals surface area contributed by atoms with Crippen LogP contribution in [0.25, 0.3) is 0 Å². The molecule has 1 unspecified atom stereocenters. The summed E-state index contributed by atoms with van der Waals surface area (Å²) in [5, 5.41) is 6.48. The fraction of sp³-hybridized carbons (Fsp3) is 0.636. The van der Waals surface area contributed by atoms with Crippen molar-refractivity contribution in [2.45, 2.75) is 44.8 Å². The molecule has 0 bridgehead atoms. The van der Waals surface area contributed by atoms with Gasteiger partial charge in [-0.1, -0.05) is 18.2 Å². The fourth-order valence-electron chi connectivity index (χ4n) is 3.10. The highest BCUT2D eigenvalue weighted by atomic mass is 16.5. The van der Waals surface area contributed by atoms with Crippen molar-refractivity contribution in [3.8, 4) is 5.75 Å². The topological polar surface area (TPSA) is 75.2 Å². The van der Waals surface area contributed by atoms with Crippen LogP contribution >= 0.6 is 0 Å². The van der Waals surface area contributed by atoms with Crippen LogP contribution in [0.3, 0.4) is 0 Å². The third kappa shape index (κ3) is 7.57. The molecule has 29 heavy (non-hydrogen) atoms. The van der Waals surface area contributed by atoms with Crippen LogP contribution in [0.2, 0.25) is 0 Å². The van der Waals surface area contributed by atoms with Crippen LogP contribution in [0.5, 0.6) is 5.75 Å². The summed E-state index contributed by atoms with van der Waals surface area (Å²) >= 11 is 0. The number of ether oxygens (including phenoxy) is 2. The van der Waals surface area contributed by atoms with E-state index in [-0.39, 0.29) is 18.6 Å². The van der Waals surface area contributed by atoms with Crippen LogP contribution in [-0.4, -0.2) is 63.3 Å². The summed E-state index contributed by atoms with van der Waals surface area (Å²) in [7, 11) is 3.50. The van der Waals surface area contributed by atoms with Crippen molar-refractivity contribution in [2.75, 3.05) is 40.4 Å². The van der Waals surface area contributed by atoms with Gasteiger partial charge in [-0.25, -0.2) is 4.99 Å². The number of aliphatic imine (C=N–C) groups is 1. The van der Waals surface area contributed by atoms with E-state index < -0.39 is 0 Å². The third-order valence-corrected chi connectivity index (χ3v) is 5.23. The van der Waals surface area contributed by atoms with E-state index in [4.69, 9.17) is 14.5 Å². The maximum Gasteiger partial charge on any atom is 0.241 e. The summed E-state index contributed by atoms with van der Waals surface area (Å²) in [6, 6.07) is 8.03. The lowest BCUT2D eigenvalue weighted by Crippen LogP contribution is -2.45. The van der Waals surface area contributed by atoms with E-state index in [0.29, 0.717) is 25.0 Å². The lowest BCUT2D eigenvalue weighted by atomic mass is 10.1. The van der Waals surface area contributed by atoms with Crippen LogP contribution in [-0.2, 0) is 16.1 Å². The van der Waals surface area contributed by atoms with Gasteiger partial charge in [0.25, 0.3) is 0 Å². The van der Waals surface area contributed by atoms with Gasteiger partial charge >= 0.3 is 0 Å². The molecule has 0 radical (unpaired) electrons. The highest BCUT2D eigenvalue weighted by molar-refractivity contribution is 5.86. The lowest BCUT2D eigenvalue weighted by Gasteiger charge is -2.24. The summed E-state index contributed by atoms with van der Waals surface area (Å²) in [6.45, 7) is 2.96. The Morgan fingerprint density at radius 1 is 1.21 bits per heavy atom. The number of guanidine groups is 1. The number of hydrogen-bond donors (Lipinski definition) is 2. The first-order valence-corrected chi connectivity index (χ1v) is 10.7. The van der Waals surface area contributed by atoms with Crippen molar-refractivity contribution in [1.82, 2.24) is 15.5 Å². The van der Waals surface area contributed by atoms with Gasteiger partial charge < -0.3 is 25.0 Å². The standard InChI is InChI=1S/C22H34N4O3/c1-26(2)21(27)15-25-22(24-14-19-8-5-6-12-28-19)23-13-18-7-3-4-9-20(18)29-16-17-10-11-17/h3-4,7,9,17,19H,5-6,8,10-16H2,1-2H3,(H2,23,24,25). The average molecular weight is 403 g/mol. The lowest BCUT2D eigenvalue weighted by molar-refractivity contribution is -0.127. The summed E-state index contributed by atoms with van der Waals surface area (Å²) in [5.74, 6) is 2.22. The van der Waals surface area contributed by atoms with Gasteiger partial charge in [-0.05, 0) is 44.1 Å². The molecule has 1 aliphatic carbocycles. The normalized spacial score (nSPS) is 19.5. The Morgan fingerprint density at radius 2 is 2.03 bits per heavy atom. The van der Waals surface area contributed by atoms with Crippen LogP contribution in [0.15, 0.2) is 29.3 Å². The number of nitrogens with one attached hydrogen (secondary N) is 2. The molecule has 0 spiro atoms. The Labute approximate surface area is 173 Å².